The Balaban J connectivity index is 1.82. The van der Waals surface area contributed by atoms with Crippen molar-refractivity contribution in [3.05, 3.63) is 30.3 Å². The molecule has 0 amide bonds. The van der Waals surface area contributed by atoms with Gasteiger partial charge in [0.05, 0.1) is 24.2 Å². The molecule has 0 bridgehead atoms. The van der Waals surface area contributed by atoms with Crippen LogP contribution in [0.25, 0.3) is 0 Å². The van der Waals surface area contributed by atoms with Gasteiger partial charge in [0.15, 0.2) is 0 Å². The van der Waals surface area contributed by atoms with E-state index in [1.165, 1.54) is 102 Å². The molecular weight excluding hydrogens is 428 g/mol. The first-order valence-corrected chi connectivity index (χ1v) is 15.4. The highest BCUT2D eigenvalue weighted by atomic mass is 35.5. The maximum atomic E-state index is 7.78. The first-order valence-electron chi connectivity index (χ1n) is 12.6. The normalized spacial score (nSPS) is 23.4. The molecular formula is C26H41Cl2NP+. The number of nitrogens with zero attached hydrogens (tertiary/aromatic N) is 1. The van der Waals surface area contributed by atoms with E-state index in [4.69, 9.17) is 23.2 Å². The summed E-state index contributed by atoms with van der Waals surface area (Å²) < 4.78 is -0.764. The van der Waals surface area contributed by atoms with Gasteiger partial charge in [-0.3, -0.25) is 0 Å². The minimum atomic E-state index is -1.69. The zero-order valence-corrected chi connectivity index (χ0v) is 21.3. The molecule has 0 atom stereocenters. The van der Waals surface area contributed by atoms with E-state index in [1.807, 2.05) is 0 Å². The number of hydrogen-bond acceptors (Lipinski definition) is 1. The monoisotopic (exact) mass is 468 g/mol. The van der Waals surface area contributed by atoms with Gasteiger partial charge in [0, 0.05) is 12.7 Å². The van der Waals surface area contributed by atoms with E-state index < -0.39 is 11.5 Å². The van der Waals surface area contributed by atoms with Gasteiger partial charge in [-0.2, -0.15) is 0 Å². The van der Waals surface area contributed by atoms with Gasteiger partial charge in [0.2, 0.25) is 0 Å². The van der Waals surface area contributed by atoms with E-state index in [1.54, 1.807) is 0 Å². The maximum Gasteiger partial charge on any atom is 0.301 e. The van der Waals surface area contributed by atoms with Crippen molar-refractivity contribution in [2.75, 3.05) is 11.9 Å². The van der Waals surface area contributed by atoms with Crippen molar-refractivity contribution in [1.82, 2.24) is 0 Å². The third-order valence-electron chi connectivity index (χ3n) is 8.55. The zero-order valence-electron chi connectivity index (χ0n) is 18.9. The Morgan fingerprint density at radius 1 is 0.667 bits per heavy atom. The van der Waals surface area contributed by atoms with Crippen molar-refractivity contribution in [3.8, 4) is 0 Å². The highest BCUT2D eigenvalue weighted by molar-refractivity contribution is 7.82. The SMILES string of the molecule is CN(c1ccccc1)C(Cl)(Cl)[P+](C1CCCCC1)(C1CCCCC1)C1CCCCC1. The Morgan fingerprint density at radius 3 is 1.40 bits per heavy atom. The van der Waals surface area contributed by atoms with Gasteiger partial charge in [-0.05, 0) is 112 Å². The van der Waals surface area contributed by atoms with E-state index in [0.717, 1.165) is 17.0 Å². The summed E-state index contributed by atoms with van der Waals surface area (Å²) in [6.45, 7) is 0. The number of benzene rings is 1. The molecule has 1 nitrogen and oxygen atoms in total. The van der Waals surface area contributed by atoms with Crippen LogP contribution in [0.15, 0.2) is 30.3 Å². The Hall–Kier alpha value is 0.0300. The summed E-state index contributed by atoms with van der Waals surface area (Å²) in [5.41, 5.74) is 3.46. The second-order valence-electron chi connectivity index (χ2n) is 10.1. The van der Waals surface area contributed by atoms with Gasteiger partial charge in [-0.15, -0.1) is 0 Å². The molecule has 3 aliphatic rings. The molecule has 0 radical (unpaired) electrons. The van der Waals surface area contributed by atoms with Crippen LogP contribution in [-0.2, 0) is 0 Å². The van der Waals surface area contributed by atoms with E-state index >= 15 is 0 Å². The molecule has 0 N–H and O–H groups in total. The standard InChI is InChI=1S/C26H41Cl2NP/c1-29(22-14-6-2-7-15-22)26(27,28)30(23-16-8-3-9-17-23,24-18-10-4-11-19-24)25-20-12-5-13-21-25/h2,6-7,14-15,23-25H,3-5,8-13,16-21H2,1H3/q+1. The molecule has 0 spiro atoms. The topological polar surface area (TPSA) is 3.24 Å². The predicted molar refractivity (Wildman–Crippen MR) is 137 cm³/mol. The Morgan fingerprint density at radius 2 is 1.03 bits per heavy atom. The second kappa shape index (κ2) is 10.3. The third-order valence-corrected chi connectivity index (χ3v) is 17.2. The number of halogens is 2. The molecule has 0 aromatic heterocycles. The van der Waals surface area contributed by atoms with Crippen LogP contribution in [0.2, 0.25) is 0 Å². The van der Waals surface area contributed by atoms with Gasteiger partial charge >= 0.3 is 4.20 Å². The lowest BCUT2D eigenvalue weighted by molar-refractivity contribution is 0.447. The minimum absolute atomic E-state index is 0.763. The summed E-state index contributed by atoms with van der Waals surface area (Å²) in [6.07, 6.45) is 20.7. The molecule has 4 heteroatoms. The summed E-state index contributed by atoms with van der Waals surface area (Å²) in [7, 11) is 0.489. The Bertz CT molecular complexity index is 601. The molecule has 0 saturated heterocycles. The van der Waals surface area contributed by atoms with Gasteiger partial charge in [-0.25, -0.2) is 0 Å². The van der Waals surface area contributed by atoms with E-state index in [9.17, 15) is 0 Å². The molecule has 3 saturated carbocycles. The first kappa shape index (κ1) is 23.2. The van der Waals surface area contributed by atoms with Crippen molar-refractivity contribution in [2.45, 2.75) is 117 Å². The summed E-state index contributed by atoms with van der Waals surface area (Å²) >= 11 is 15.6. The summed E-state index contributed by atoms with van der Waals surface area (Å²) in [5, 5.41) is 0. The van der Waals surface area contributed by atoms with Gasteiger partial charge in [0.25, 0.3) is 0 Å². The lowest BCUT2D eigenvalue weighted by Crippen LogP contribution is -2.51. The van der Waals surface area contributed by atoms with Crippen molar-refractivity contribution in [2.24, 2.45) is 0 Å². The van der Waals surface area contributed by atoms with Crippen LogP contribution < -0.4 is 4.90 Å². The molecule has 3 aliphatic carbocycles. The number of para-hydroxylation sites is 1. The third kappa shape index (κ3) is 4.30. The van der Waals surface area contributed by atoms with Crippen LogP contribution in [-0.4, -0.2) is 28.2 Å². The molecule has 30 heavy (non-hydrogen) atoms. The molecule has 168 valence electrons. The van der Waals surface area contributed by atoms with Crippen LogP contribution in [0.5, 0.6) is 0 Å². The van der Waals surface area contributed by atoms with Crippen molar-refractivity contribution >= 4 is 36.2 Å². The lowest BCUT2D eigenvalue weighted by atomic mass is 9.99. The van der Waals surface area contributed by atoms with Crippen LogP contribution in [0.1, 0.15) is 96.3 Å². The number of hydrogen-bond donors (Lipinski definition) is 0. The lowest BCUT2D eigenvalue weighted by Gasteiger charge is -2.55. The predicted octanol–water partition coefficient (Wildman–Crippen LogP) is 9.23. The van der Waals surface area contributed by atoms with E-state index in [2.05, 4.69) is 42.3 Å². The zero-order chi connectivity index (χ0) is 21.0. The van der Waals surface area contributed by atoms with Crippen LogP contribution >= 0.6 is 30.5 Å². The average molecular weight is 470 g/mol. The van der Waals surface area contributed by atoms with E-state index in [-0.39, 0.29) is 0 Å². The molecule has 1 aromatic rings. The highest BCUT2D eigenvalue weighted by Crippen LogP contribution is 2.86. The van der Waals surface area contributed by atoms with Crippen molar-refractivity contribution in [3.63, 3.8) is 0 Å². The number of anilines is 1. The summed E-state index contributed by atoms with van der Waals surface area (Å²) in [6, 6.07) is 10.7. The second-order valence-corrected chi connectivity index (χ2v) is 16.4. The summed E-state index contributed by atoms with van der Waals surface area (Å²) in [5.74, 6) is 0. The fourth-order valence-electron chi connectivity index (χ4n) is 7.14. The molecule has 0 heterocycles. The van der Waals surface area contributed by atoms with E-state index in [0.29, 0.717) is 0 Å². The molecule has 3 fully saturated rings. The maximum absolute atomic E-state index is 7.78. The van der Waals surface area contributed by atoms with Gasteiger partial charge in [0.1, 0.15) is 0 Å². The molecule has 4 rings (SSSR count). The first-order chi connectivity index (χ1) is 14.6. The minimum Gasteiger partial charge on any atom is -0.312 e. The molecule has 0 aliphatic heterocycles. The fraction of sp³-hybridized carbons (Fsp3) is 0.769. The Labute approximate surface area is 195 Å². The molecule has 1 aromatic carbocycles. The van der Waals surface area contributed by atoms with Crippen molar-refractivity contribution in [1.29, 1.82) is 0 Å². The number of alkyl halides is 2. The number of rotatable bonds is 6. The van der Waals surface area contributed by atoms with Crippen molar-refractivity contribution < 1.29 is 0 Å². The quantitative estimate of drug-likeness (QED) is 0.228. The average Bonchev–Trinajstić information content (AvgIpc) is 2.81. The Kier molecular flexibility index (Phi) is 7.97. The largest absolute Gasteiger partial charge is 0.312 e. The molecule has 0 unspecified atom stereocenters. The fourth-order valence-corrected chi connectivity index (χ4v) is 17.2. The summed E-state index contributed by atoms with van der Waals surface area (Å²) in [4.78, 5) is 2.29. The van der Waals surface area contributed by atoms with Crippen LogP contribution in [0.4, 0.5) is 5.69 Å². The van der Waals surface area contributed by atoms with Gasteiger partial charge in [-0.1, -0.05) is 37.5 Å². The van der Waals surface area contributed by atoms with Crippen LogP contribution in [0, 0.1) is 0 Å². The smallest absolute Gasteiger partial charge is 0.301 e. The highest BCUT2D eigenvalue weighted by Gasteiger charge is 2.70. The van der Waals surface area contributed by atoms with Gasteiger partial charge < -0.3 is 4.90 Å². The van der Waals surface area contributed by atoms with Crippen LogP contribution in [0.3, 0.4) is 0 Å².